The summed E-state index contributed by atoms with van der Waals surface area (Å²) in [5, 5.41) is 9.93. The lowest BCUT2D eigenvalue weighted by Crippen LogP contribution is -2.27. The van der Waals surface area contributed by atoms with Crippen molar-refractivity contribution in [3.8, 4) is 28.5 Å². The van der Waals surface area contributed by atoms with E-state index in [0.29, 0.717) is 30.2 Å². The summed E-state index contributed by atoms with van der Waals surface area (Å²) < 4.78 is 7.31. The van der Waals surface area contributed by atoms with Crippen LogP contribution in [-0.2, 0) is 6.54 Å². The fraction of sp³-hybridized carbons (Fsp3) is 0.143. The first-order valence-electron chi connectivity index (χ1n) is 9.16. The third-order valence-corrected chi connectivity index (χ3v) is 4.45. The minimum atomic E-state index is -0.224. The van der Waals surface area contributed by atoms with Crippen LogP contribution in [0.15, 0.2) is 67.1 Å². The smallest absolute Gasteiger partial charge is 0.269 e. The number of hydrogen-bond acceptors (Lipinski definition) is 5. The molecule has 4 rings (SSSR count). The van der Waals surface area contributed by atoms with Gasteiger partial charge in [-0.15, -0.1) is 0 Å². The van der Waals surface area contributed by atoms with Gasteiger partial charge in [-0.1, -0.05) is 18.2 Å². The molecule has 0 aliphatic rings. The van der Waals surface area contributed by atoms with Crippen molar-refractivity contribution in [2.75, 3.05) is 13.7 Å². The van der Waals surface area contributed by atoms with Gasteiger partial charge in [0, 0.05) is 37.2 Å². The Kier molecular flexibility index (Phi) is 5.33. The highest BCUT2D eigenvalue weighted by Crippen LogP contribution is 2.28. The second-order valence-electron chi connectivity index (χ2n) is 6.28. The number of carbonyl (C=O) groups is 1. The molecular formula is C21H20N6O2. The van der Waals surface area contributed by atoms with Crippen LogP contribution in [0.3, 0.4) is 0 Å². The molecule has 0 fully saturated rings. The average molecular weight is 388 g/mol. The van der Waals surface area contributed by atoms with Crippen molar-refractivity contribution < 1.29 is 9.53 Å². The summed E-state index contributed by atoms with van der Waals surface area (Å²) in [5.41, 5.74) is 2.66. The standard InChI is InChI=1S/C21H20N6O2/c1-29-19-8-3-2-6-15(19)17-14-18(26-25-17)21(28)24-11-13-27-12-10-23-20(27)16-7-4-5-9-22-16/h2-10,12,14H,11,13H2,1H3,(H,24,28)(H,25,26). The molecule has 0 aliphatic heterocycles. The molecule has 0 spiro atoms. The highest BCUT2D eigenvalue weighted by molar-refractivity contribution is 5.93. The molecule has 8 heteroatoms. The highest BCUT2D eigenvalue weighted by atomic mass is 16.5. The zero-order valence-corrected chi connectivity index (χ0v) is 15.9. The minimum Gasteiger partial charge on any atom is -0.496 e. The molecule has 4 aromatic rings. The molecule has 0 saturated carbocycles. The second-order valence-corrected chi connectivity index (χ2v) is 6.28. The molecule has 0 aliphatic carbocycles. The van der Waals surface area contributed by atoms with Crippen LogP contribution in [0, 0.1) is 0 Å². The lowest BCUT2D eigenvalue weighted by molar-refractivity contribution is 0.0947. The van der Waals surface area contributed by atoms with Gasteiger partial charge in [-0.05, 0) is 30.3 Å². The van der Waals surface area contributed by atoms with Crippen LogP contribution in [0.1, 0.15) is 10.5 Å². The molecule has 8 nitrogen and oxygen atoms in total. The minimum absolute atomic E-state index is 0.224. The van der Waals surface area contributed by atoms with Crippen molar-refractivity contribution >= 4 is 5.91 Å². The number of rotatable bonds is 7. The number of methoxy groups -OCH3 is 1. The Morgan fingerprint density at radius 1 is 1.10 bits per heavy atom. The number of aromatic nitrogens is 5. The molecule has 0 bridgehead atoms. The van der Waals surface area contributed by atoms with Crippen molar-refractivity contribution in [1.82, 2.24) is 30.0 Å². The van der Waals surface area contributed by atoms with E-state index in [-0.39, 0.29) is 5.91 Å². The third-order valence-electron chi connectivity index (χ3n) is 4.45. The molecular weight excluding hydrogens is 368 g/mol. The quantitative estimate of drug-likeness (QED) is 0.507. The number of para-hydroxylation sites is 1. The Morgan fingerprint density at radius 3 is 2.79 bits per heavy atom. The van der Waals surface area contributed by atoms with Crippen LogP contribution >= 0.6 is 0 Å². The second kappa shape index (κ2) is 8.39. The lowest BCUT2D eigenvalue weighted by Gasteiger charge is -2.08. The molecule has 3 heterocycles. The van der Waals surface area contributed by atoms with Crippen LogP contribution in [0.25, 0.3) is 22.8 Å². The number of pyridine rings is 1. The van der Waals surface area contributed by atoms with E-state index in [9.17, 15) is 4.79 Å². The first-order chi connectivity index (χ1) is 14.3. The maximum Gasteiger partial charge on any atom is 0.269 e. The number of amides is 1. The summed E-state index contributed by atoms with van der Waals surface area (Å²) in [6.45, 7) is 1.02. The summed E-state index contributed by atoms with van der Waals surface area (Å²) in [6, 6.07) is 14.9. The van der Waals surface area contributed by atoms with Gasteiger partial charge in [0.05, 0.1) is 12.8 Å². The Morgan fingerprint density at radius 2 is 1.97 bits per heavy atom. The first kappa shape index (κ1) is 18.4. The normalized spacial score (nSPS) is 10.7. The number of imidazole rings is 1. The predicted molar refractivity (Wildman–Crippen MR) is 108 cm³/mol. The van der Waals surface area contributed by atoms with Crippen molar-refractivity contribution in [1.29, 1.82) is 0 Å². The number of aromatic amines is 1. The van der Waals surface area contributed by atoms with E-state index >= 15 is 0 Å². The van der Waals surface area contributed by atoms with Gasteiger partial charge in [-0.25, -0.2) is 4.98 Å². The lowest BCUT2D eigenvalue weighted by atomic mass is 10.1. The summed E-state index contributed by atoms with van der Waals surface area (Å²) >= 11 is 0. The largest absolute Gasteiger partial charge is 0.496 e. The monoisotopic (exact) mass is 388 g/mol. The van der Waals surface area contributed by atoms with Gasteiger partial charge >= 0.3 is 0 Å². The Bertz CT molecular complexity index is 1100. The van der Waals surface area contributed by atoms with Gasteiger partial charge in [0.1, 0.15) is 17.1 Å². The van der Waals surface area contributed by atoms with E-state index < -0.39 is 0 Å². The number of carbonyl (C=O) groups excluding carboxylic acids is 1. The number of benzene rings is 1. The Labute approximate surface area is 167 Å². The number of hydrogen-bond donors (Lipinski definition) is 2. The van der Waals surface area contributed by atoms with Crippen LogP contribution in [0.4, 0.5) is 0 Å². The SMILES string of the molecule is COc1ccccc1-c1cc(C(=O)NCCn2ccnc2-c2ccccn2)[nH]n1. The molecule has 0 radical (unpaired) electrons. The van der Waals surface area contributed by atoms with Crippen molar-refractivity contribution in [3.63, 3.8) is 0 Å². The number of nitrogens with zero attached hydrogens (tertiary/aromatic N) is 4. The van der Waals surface area contributed by atoms with E-state index in [4.69, 9.17) is 4.74 Å². The van der Waals surface area contributed by atoms with E-state index in [1.54, 1.807) is 25.6 Å². The van der Waals surface area contributed by atoms with Crippen molar-refractivity contribution in [2.24, 2.45) is 0 Å². The highest BCUT2D eigenvalue weighted by Gasteiger charge is 2.14. The van der Waals surface area contributed by atoms with Gasteiger partial charge in [0.25, 0.3) is 5.91 Å². The van der Waals surface area contributed by atoms with E-state index in [1.807, 2.05) is 53.2 Å². The molecule has 1 aromatic carbocycles. The van der Waals surface area contributed by atoms with Gasteiger partial charge in [-0.3, -0.25) is 14.9 Å². The molecule has 146 valence electrons. The maximum atomic E-state index is 12.5. The molecule has 0 unspecified atom stereocenters. The molecule has 0 saturated heterocycles. The summed E-state index contributed by atoms with van der Waals surface area (Å²) in [7, 11) is 1.61. The molecule has 3 aromatic heterocycles. The molecule has 29 heavy (non-hydrogen) atoms. The fourth-order valence-electron chi connectivity index (χ4n) is 3.04. The zero-order valence-electron chi connectivity index (χ0n) is 15.9. The average Bonchev–Trinajstić information content (AvgIpc) is 3.44. The Hall–Kier alpha value is -3.94. The number of ether oxygens (including phenoxy) is 1. The molecule has 1 amide bonds. The number of H-pyrrole nitrogens is 1. The van der Waals surface area contributed by atoms with Crippen LogP contribution in [-0.4, -0.2) is 44.3 Å². The Balaban J connectivity index is 1.39. The van der Waals surface area contributed by atoms with Gasteiger partial charge in [0.2, 0.25) is 0 Å². The van der Waals surface area contributed by atoms with Gasteiger partial charge < -0.3 is 14.6 Å². The predicted octanol–water partition coefficient (Wildman–Crippen LogP) is 2.77. The number of nitrogens with one attached hydrogen (secondary N) is 2. The van der Waals surface area contributed by atoms with Gasteiger partial charge in [0.15, 0.2) is 5.82 Å². The maximum absolute atomic E-state index is 12.5. The van der Waals surface area contributed by atoms with E-state index in [2.05, 4.69) is 25.5 Å². The molecule has 0 atom stereocenters. The zero-order chi connectivity index (χ0) is 20.1. The molecule has 2 N–H and O–H groups in total. The first-order valence-corrected chi connectivity index (χ1v) is 9.16. The van der Waals surface area contributed by atoms with Crippen molar-refractivity contribution in [3.05, 3.63) is 72.8 Å². The topological polar surface area (TPSA) is 97.7 Å². The van der Waals surface area contributed by atoms with Crippen LogP contribution < -0.4 is 10.1 Å². The fourth-order valence-corrected chi connectivity index (χ4v) is 3.04. The van der Waals surface area contributed by atoms with E-state index in [0.717, 1.165) is 17.1 Å². The summed E-state index contributed by atoms with van der Waals surface area (Å²) in [5.74, 6) is 1.24. The summed E-state index contributed by atoms with van der Waals surface area (Å²) in [6.07, 6.45) is 5.32. The van der Waals surface area contributed by atoms with Crippen LogP contribution in [0.2, 0.25) is 0 Å². The van der Waals surface area contributed by atoms with E-state index in [1.165, 1.54) is 0 Å². The third kappa shape index (κ3) is 4.01. The van der Waals surface area contributed by atoms with Gasteiger partial charge in [-0.2, -0.15) is 5.10 Å². The van der Waals surface area contributed by atoms with Crippen LogP contribution in [0.5, 0.6) is 5.75 Å². The van der Waals surface area contributed by atoms with Crippen molar-refractivity contribution in [2.45, 2.75) is 6.54 Å². The summed E-state index contributed by atoms with van der Waals surface area (Å²) in [4.78, 5) is 21.2.